The van der Waals surface area contributed by atoms with Gasteiger partial charge in [0.1, 0.15) is 0 Å². The zero-order chi connectivity index (χ0) is 12.1. The van der Waals surface area contributed by atoms with Crippen molar-refractivity contribution in [3.8, 4) is 0 Å². The summed E-state index contributed by atoms with van der Waals surface area (Å²) in [5.41, 5.74) is 0. The van der Waals surface area contributed by atoms with E-state index in [0.717, 1.165) is 13.0 Å². The molecule has 6 heteroatoms. The van der Waals surface area contributed by atoms with Crippen molar-refractivity contribution >= 4 is 24.2 Å². The summed E-state index contributed by atoms with van der Waals surface area (Å²) in [4.78, 5) is 22.2. The minimum Gasteiger partial charge on any atom is -0.350 e. The van der Waals surface area contributed by atoms with E-state index in [1.54, 1.807) is 0 Å². The molecule has 2 amide bonds. The van der Waals surface area contributed by atoms with Gasteiger partial charge in [-0.25, -0.2) is 0 Å². The monoisotopic (exact) mass is 263 g/mol. The maximum atomic E-state index is 11.6. The molecule has 0 radical (unpaired) electrons. The van der Waals surface area contributed by atoms with E-state index in [4.69, 9.17) is 0 Å². The van der Waals surface area contributed by atoms with Crippen molar-refractivity contribution in [2.75, 3.05) is 13.1 Å². The van der Waals surface area contributed by atoms with E-state index < -0.39 is 0 Å². The molecule has 0 spiro atoms. The number of rotatable bonds is 3. The fraction of sp³-hybridized carbons (Fsp3) is 0.818. The lowest BCUT2D eigenvalue weighted by molar-refractivity contribution is -0.125. The summed E-state index contributed by atoms with van der Waals surface area (Å²) in [7, 11) is 0. The van der Waals surface area contributed by atoms with E-state index in [0.29, 0.717) is 5.92 Å². The Balaban J connectivity index is 0.00000256. The first kappa shape index (κ1) is 16.2. The number of amides is 2. The highest BCUT2D eigenvalue weighted by atomic mass is 35.5. The molecule has 0 aromatic heterocycles. The smallest absolute Gasteiger partial charge is 0.239 e. The van der Waals surface area contributed by atoms with Crippen LogP contribution in [0.25, 0.3) is 0 Å². The van der Waals surface area contributed by atoms with Gasteiger partial charge in [-0.05, 0) is 25.8 Å². The number of carbonyl (C=O) groups excluding carboxylic acids is 2. The van der Waals surface area contributed by atoms with E-state index >= 15 is 0 Å². The predicted octanol–water partition coefficient (Wildman–Crippen LogP) is 0.0470. The SMILES string of the molecule is CC(=O)NCC(=O)NC1C(C)CCNC1C.Cl. The van der Waals surface area contributed by atoms with Crippen LogP contribution in [-0.2, 0) is 9.59 Å². The molecule has 1 rings (SSSR count). The summed E-state index contributed by atoms with van der Waals surface area (Å²) in [6.07, 6.45) is 1.06. The van der Waals surface area contributed by atoms with Crippen LogP contribution in [0.1, 0.15) is 27.2 Å². The molecule has 1 saturated heterocycles. The minimum atomic E-state index is -0.182. The van der Waals surface area contributed by atoms with Crippen LogP contribution in [0.4, 0.5) is 0 Å². The second-order valence-corrected chi connectivity index (χ2v) is 4.51. The lowest BCUT2D eigenvalue weighted by Crippen LogP contribution is -2.57. The van der Waals surface area contributed by atoms with Crippen molar-refractivity contribution in [1.29, 1.82) is 0 Å². The Bertz CT molecular complexity index is 263. The maximum absolute atomic E-state index is 11.6. The zero-order valence-electron chi connectivity index (χ0n) is 10.6. The molecule has 1 heterocycles. The van der Waals surface area contributed by atoms with Gasteiger partial charge in [-0.1, -0.05) is 6.92 Å². The number of nitrogens with one attached hydrogen (secondary N) is 3. The van der Waals surface area contributed by atoms with E-state index in [9.17, 15) is 9.59 Å². The largest absolute Gasteiger partial charge is 0.350 e. The third-order valence-electron chi connectivity index (χ3n) is 3.04. The van der Waals surface area contributed by atoms with Crippen molar-refractivity contribution in [3.05, 3.63) is 0 Å². The average Bonchev–Trinajstić information content (AvgIpc) is 2.21. The molecule has 0 saturated carbocycles. The van der Waals surface area contributed by atoms with Gasteiger partial charge in [0.2, 0.25) is 11.8 Å². The van der Waals surface area contributed by atoms with Crippen LogP contribution in [0.5, 0.6) is 0 Å². The Morgan fingerprint density at radius 2 is 2.00 bits per heavy atom. The number of piperidine rings is 1. The third kappa shape index (κ3) is 5.37. The first-order valence-electron chi connectivity index (χ1n) is 5.78. The average molecular weight is 264 g/mol. The molecule has 0 aliphatic carbocycles. The quantitative estimate of drug-likeness (QED) is 0.674. The standard InChI is InChI=1S/C11H21N3O2.ClH/c1-7-4-5-12-8(2)11(7)14-10(16)6-13-9(3)15;/h7-8,11-12H,4-6H2,1-3H3,(H,13,15)(H,14,16);1H. The molecule has 5 nitrogen and oxygen atoms in total. The van der Waals surface area contributed by atoms with E-state index in [-0.39, 0.29) is 42.8 Å². The number of hydrogen-bond acceptors (Lipinski definition) is 3. The second kappa shape index (κ2) is 7.50. The van der Waals surface area contributed by atoms with E-state index in [2.05, 4.69) is 29.8 Å². The number of halogens is 1. The Morgan fingerprint density at radius 3 is 2.53 bits per heavy atom. The zero-order valence-corrected chi connectivity index (χ0v) is 11.4. The molecule has 1 aliphatic rings. The topological polar surface area (TPSA) is 70.2 Å². The van der Waals surface area contributed by atoms with Gasteiger partial charge in [-0.3, -0.25) is 9.59 Å². The molecule has 0 aromatic rings. The van der Waals surface area contributed by atoms with Crippen molar-refractivity contribution in [2.45, 2.75) is 39.3 Å². The maximum Gasteiger partial charge on any atom is 0.239 e. The van der Waals surface area contributed by atoms with Crippen LogP contribution in [0.2, 0.25) is 0 Å². The van der Waals surface area contributed by atoms with Crippen molar-refractivity contribution in [3.63, 3.8) is 0 Å². The van der Waals surface area contributed by atoms with Gasteiger partial charge < -0.3 is 16.0 Å². The van der Waals surface area contributed by atoms with Gasteiger partial charge in [0.15, 0.2) is 0 Å². The van der Waals surface area contributed by atoms with Gasteiger partial charge >= 0.3 is 0 Å². The summed E-state index contributed by atoms with van der Waals surface area (Å²) < 4.78 is 0. The van der Waals surface area contributed by atoms with Crippen LogP contribution in [0.15, 0.2) is 0 Å². The van der Waals surface area contributed by atoms with Gasteiger partial charge in [-0.15, -0.1) is 12.4 Å². The molecule has 3 N–H and O–H groups in total. The molecule has 3 unspecified atom stereocenters. The fourth-order valence-electron chi connectivity index (χ4n) is 2.05. The molecule has 0 aromatic carbocycles. The summed E-state index contributed by atoms with van der Waals surface area (Å²) in [5.74, 6) is 0.165. The Morgan fingerprint density at radius 1 is 1.35 bits per heavy atom. The molecule has 3 atom stereocenters. The van der Waals surface area contributed by atoms with E-state index in [1.807, 2.05) is 0 Å². The van der Waals surface area contributed by atoms with Crippen LogP contribution in [-0.4, -0.2) is 37.0 Å². The van der Waals surface area contributed by atoms with E-state index in [1.165, 1.54) is 6.92 Å². The molecule has 0 bridgehead atoms. The first-order valence-corrected chi connectivity index (χ1v) is 5.78. The molecule has 100 valence electrons. The molecule has 1 aliphatic heterocycles. The van der Waals surface area contributed by atoms with Gasteiger partial charge in [0, 0.05) is 19.0 Å². The second-order valence-electron chi connectivity index (χ2n) is 4.51. The summed E-state index contributed by atoms with van der Waals surface area (Å²) >= 11 is 0. The fourth-order valence-corrected chi connectivity index (χ4v) is 2.05. The van der Waals surface area contributed by atoms with Gasteiger partial charge in [0.05, 0.1) is 6.54 Å². The Labute approximate surface area is 109 Å². The lowest BCUT2D eigenvalue weighted by Gasteiger charge is -2.36. The van der Waals surface area contributed by atoms with Crippen LogP contribution >= 0.6 is 12.4 Å². The molecular weight excluding hydrogens is 242 g/mol. The first-order chi connectivity index (χ1) is 7.50. The highest BCUT2D eigenvalue weighted by Crippen LogP contribution is 2.15. The van der Waals surface area contributed by atoms with Crippen LogP contribution in [0.3, 0.4) is 0 Å². The highest BCUT2D eigenvalue weighted by molar-refractivity contribution is 5.85. The summed E-state index contributed by atoms with van der Waals surface area (Å²) in [6.45, 7) is 6.67. The van der Waals surface area contributed by atoms with Gasteiger partial charge in [-0.2, -0.15) is 0 Å². The lowest BCUT2D eigenvalue weighted by atomic mass is 9.89. The third-order valence-corrected chi connectivity index (χ3v) is 3.04. The highest BCUT2D eigenvalue weighted by Gasteiger charge is 2.28. The number of carbonyl (C=O) groups is 2. The normalized spacial score (nSPS) is 27.8. The van der Waals surface area contributed by atoms with Crippen LogP contribution < -0.4 is 16.0 Å². The Kier molecular flexibility index (Phi) is 7.15. The predicted molar refractivity (Wildman–Crippen MR) is 69.1 cm³/mol. The minimum absolute atomic E-state index is 0. The van der Waals surface area contributed by atoms with Crippen molar-refractivity contribution in [2.24, 2.45) is 5.92 Å². The Hall–Kier alpha value is -0.810. The van der Waals surface area contributed by atoms with Crippen molar-refractivity contribution < 1.29 is 9.59 Å². The number of hydrogen-bond donors (Lipinski definition) is 3. The molecule has 17 heavy (non-hydrogen) atoms. The van der Waals surface area contributed by atoms with Gasteiger partial charge in [0.25, 0.3) is 0 Å². The molecule has 1 fully saturated rings. The van der Waals surface area contributed by atoms with Crippen molar-refractivity contribution in [1.82, 2.24) is 16.0 Å². The summed E-state index contributed by atoms with van der Waals surface area (Å²) in [5, 5.41) is 8.78. The molecular formula is C11H22ClN3O2. The summed E-state index contributed by atoms with van der Waals surface area (Å²) in [6, 6.07) is 0.431. The van der Waals surface area contributed by atoms with Crippen LogP contribution in [0, 0.1) is 5.92 Å².